The maximum atomic E-state index is 11.5. The molecule has 0 aromatic heterocycles. The van der Waals surface area contributed by atoms with E-state index in [2.05, 4.69) is 5.32 Å². The Morgan fingerprint density at radius 1 is 1.50 bits per heavy atom. The van der Waals surface area contributed by atoms with Crippen molar-refractivity contribution in [3.63, 3.8) is 0 Å². The average Bonchev–Trinajstić information content (AvgIpc) is 2.44. The van der Waals surface area contributed by atoms with E-state index >= 15 is 0 Å². The SMILES string of the molecule is CC(C)(C)OC(=O)N1CC(C(=O)O)NC1=O. The van der Waals surface area contributed by atoms with Crippen LogP contribution in [-0.4, -0.2) is 46.3 Å². The van der Waals surface area contributed by atoms with Gasteiger partial charge in [0.1, 0.15) is 11.6 Å². The molecule has 0 saturated carbocycles. The Balaban J connectivity index is 2.65. The van der Waals surface area contributed by atoms with Gasteiger partial charge < -0.3 is 15.2 Å². The van der Waals surface area contributed by atoms with Crippen molar-refractivity contribution >= 4 is 18.1 Å². The molecule has 1 aliphatic heterocycles. The molecule has 2 N–H and O–H groups in total. The first-order valence-corrected chi connectivity index (χ1v) is 4.74. The molecule has 0 bridgehead atoms. The summed E-state index contributed by atoms with van der Waals surface area (Å²) in [5.41, 5.74) is -0.724. The van der Waals surface area contributed by atoms with E-state index in [1.54, 1.807) is 20.8 Å². The number of hydrogen-bond donors (Lipinski definition) is 2. The van der Waals surface area contributed by atoms with Crippen LogP contribution in [0.2, 0.25) is 0 Å². The first-order valence-electron chi connectivity index (χ1n) is 4.74. The molecule has 0 aliphatic carbocycles. The molecule has 1 rings (SSSR count). The summed E-state index contributed by atoms with van der Waals surface area (Å²) in [5.74, 6) is -1.18. The molecule has 1 heterocycles. The molecule has 3 amide bonds. The van der Waals surface area contributed by atoms with Crippen molar-refractivity contribution in [2.75, 3.05) is 6.54 Å². The van der Waals surface area contributed by atoms with Crippen LogP contribution in [0.25, 0.3) is 0 Å². The summed E-state index contributed by atoms with van der Waals surface area (Å²) in [7, 11) is 0. The molecule has 0 radical (unpaired) electrons. The molecule has 1 atom stereocenters. The van der Waals surface area contributed by atoms with Crippen molar-refractivity contribution in [1.29, 1.82) is 0 Å². The van der Waals surface area contributed by atoms with Crippen LogP contribution in [0.15, 0.2) is 0 Å². The van der Waals surface area contributed by atoms with Crippen LogP contribution in [0.5, 0.6) is 0 Å². The lowest BCUT2D eigenvalue weighted by molar-refractivity contribution is -0.138. The lowest BCUT2D eigenvalue weighted by atomic mass is 10.2. The monoisotopic (exact) mass is 230 g/mol. The number of urea groups is 1. The largest absolute Gasteiger partial charge is 0.480 e. The van der Waals surface area contributed by atoms with Gasteiger partial charge in [-0.15, -0.1) is 0 Å². The Kier molecular flexibility index (Phi) is 3.06. The van der Waals surface area contributed by atoms with Crippen molar-refractivity contribution in [3.05, 3.63) is 0 Å². The van der Waals surface area contributed by atoms with Crippen molar-refractivity contribution in [1.82, 2.24) is 10.2 Å². The van der Waals surface area contributed by atoms with E-state index in [1.807, 2.05) is 0 Å². The van der Waals surface area contributed by atoms with Gasteiger partial charge in [-0.25, -0.2) is 19.3 Å². The molecule has 1 aliphatic rings. The molecular weight excluding hydrogens is 216 g/mol. The topological polar surface area (TPSA) is 95.9 Å². The van der Waals surface area contributed by atoms with E-state index in [0.717, 1.165) is 4.90 Å². The van der Waals surface area contributed by atoms with Crippen molar-refractivity contribution in [2.45, 2.75) is 32.4 Å². The van der Waals surface area contributed by atoms with Gasteiger partial charge in [0, 0.05) is 0 Å². The molecule has 1 saturated heterocycles. The molecule has 0 aromatic rings. The van der Waals surface area contributed by atoms with Gasteiger partial charge in [-0.05, 0) is 20.8 Å². The third-order valence-corrected chi connectivity index (χ3v) is 1.82. The fourth-order valence-electron chi connectivity index (χ4n) is 1.15. The lowest BCUT2D eigenvalue weighted by Crippen LogP contribution is -2.38. The number of carbonyl (C=O) groups is 3. The van der Waals surface area contributed by atoms with Crippen LogP contribution in [0.4, 0.5) is 9.59 Å². The third kappa shape index (κ3) is 2.85. The number of nitrogens with zero attached hydrogens (tertiary/aromatic N) is 1. The highest BCUT2D eigenvalue weighted by molar-refractivity contribution is 5.96. The number of carbonyl (C=O) groups excluding carboxylic acids is 2. The number of nitrogens with one attached hydrogen (secondary N) is 1. The van der Waals surface area contributed by atoms with Crippen LogP contribution < -0.4 is 5.32 Å². The van der Waals surface area contributed by atoms with Crippen molar-refractivity contribution in [3.8, 4) is 0 Å². The Hall–Kier alpha value is -1.79. The van der Waals surface area contributed by atoms with Crippen LogP contribution in [0.1, 0.15) is 20.8 Å². The van der Waals surface area contributed by atoms with E-state index in [0.29, 0.717) is 0 Å². The van der Waals surface area contributed by atoms with Gasteiger partial charge in [-0.3, -0.25) is 0 Å². The van der Waals surface area contributed by atoms with E-state index in [1.165, 1.54) is 0 Å². The molecule has 0 aromatic carbocycles. The van der Waals surface area contributed by atoms with Crippen molar-refractivity contribution < 1.29 is 24.2 Å². The number of carboxylic acid groups (broad SMARTS) is 1. The van der Waals surface area contributed by atoms with Crippen LogP contribution >= 0.6 is 0 Å². The zero-order valence-corrected chi connectivity index (χ0v) is 9.31. The maximum Gasteiger partial charge on any atom is 0.418 e. The smallest absolute Gasteiger partial charge is 0.418 e. The molecule has 90 valence electrons. The molecular formula is C9H14N2O5. The fraction of sp³-hybridized carbons (Fsp3) is 0.667. The van der Waals surface area contributed by atoms with E-state index in [4.69, 9.17) is 9.84 Å². The number of carboxylic acids is 1. The number of aliphatic carboxylic acids is 1. The second-order valence-electron chi connectivity index (χ2n) is 4.43. The Bertz CT molecular complexity index is 333. The number of imide groups is 1. The molecule has 7 nitrogen and oxygen atoms in total. The normalized spacial score (nSPS) is 20.6. The first kappa shape index (κ1) is 12.3. The summed E-state index contributed by atoms with van der Waals surface area (Å²) in [6.45, 7) is 4.76. The second-order valence-corrected chi connectivity index (χ2v) is 4.43. The average molecular weight is 230 g/mol. The summed E-state index contributed by atoms with van der Waals surface area (Å²) < 4.78 is 4.95. The standard InChI is InChI=1S/C9H14N2O5/c1-9(2,3)16-8(15)11-4-5(6(12)13)10-7(11)14/h5H,4H2,1-3H3,(H,10,14)(H,12,13). The molecule has 7 heteroatoms. The van der Waals surface area contributed by atoms with Gasteiger partial charge in [-0.1, -0.05) is 0 Å². The fourth-order valence-corrected chi connectivity index (χ4v) is 1.15. The molecule has 1 unspecified atom stereocenters. The molecule has 0 spiro atoms. The highest BCUT2D eigenvalue weighted by atomic mass is 16.6. The summed E-state index contributed by atoms with van der Waals surface area (Å²) in [5, 5.41) is 10.8. The predicted octanol–water partition coefficient (Wildman–Crippen LogP) is 0.400. The summed E-state index contributed by atoms with van der Waals surface area (Å²) in [6.07, 6.45) is -0.839. The van der Waals surface area contributed by atoms with Crippen LogP contribution in [0.3, 0.4) is 0 Å². The summed E-state index contributed by atoms with van der Waals surface area (Å²) in [4.78, 5) is 34.1. The van der Waals surface area contributed by atoms with Crippen LogP contribution in [0, 0.1) is 0 Å². The molecule has 16 heavy (non-hydrogen) atoms. The maximum absolute atomic E-state index is 11.5. The minimum absolute atomic E-state index is 0.219. The van der Waals surface area contributed by atoms with Gasteiger partial charge in [0.25, 0.3) is 0 Å². The van der Waals surface area contributed by atoms with Gasteiger partial charge in [0.05, 0.1) is 6.54 Å². The summed E-state index contributed by atoms with van der Waals surface area (Å²) >= 11 is 0. The van der Waals surface area contributed by atoms with E-state index in [-0.39, 0.29) is 6.54 Å². The predicted molar refractivity (Wildman–Crippen MR) is 52.9 cm³/mol. The lowest BCUT2D eigenvalue weighted by Gasteiger charge is -2.22. The van der Waals surface area contributed by atoms with Crippen LogP contribution in [-0.2, 0) is 9.53 Å². The minimum atomic E-state index is -1.18. The second kappa shape index (κ2) is 3.99. The number of amides is 3. The molecule has 1 fully saturated rings. The number of ether oxygens (including phenoxy) is 1. The van der Waals surface area contributed by atoms with E-state index < -0.39 is 29.7 Å². The third-order valence-electron chi connectivity index (χ3n) is 1.82. The zero-order chi connectivity index (χ0) is 12.5. The first-order chi connectivity index (χ1) is 7.20. The highest BCUT2D eigenvalue weighted by Crippen LogP contribution is 2.13. The van der Waals surface area contributed by atoms with Gasteiger partial charge >= 0.3 is 18.1 Å². The van der Waals surface area contributed by atoms with Gasteiger partial charge in [0.2, 0.25) is 0 Å². The highest BCUT2D eigenvalue weighted by Gasteiger charge is 2.39. The van der Waals surface area contributed by atoms with Crippen molar-refractivity contribution in [2.24, 2.45) is 0 Å². The Labute approximate surface area is 92.4 Å². The zero-order valence-electron chi connectivity index (χ0n) is 9.31. The van der Waals surface area contributed by atoms with E-state index in [9.17, 15) is 14.4 Å². The Morgan fingerprint density at radius 3 is 2.44 bits per heavy atom. The van der Waals surface area contributed by atoms with Gasteiger partial charge in [-0.2, -0.15) is 0 Å². The Morgan fingerprint density at radius 2 is 2.06 bits per heavy atom. The van der Waals surface area contributed by atoms with Gasteiger partial charge in [0.15, 0.2) is 0 Å². The minimum Gasteiger partial charge on any atom is -0.480 e. The quantitative estimate of drug-likeness (QED) is 0.679. The number of rotatable bonds is 1. The number of hydrogen-bond acceptors (Lipinski definition) is 4. The summed E-state index contributed by atoms with van der Waals surface area (Å²) in [6, 6.07) is -1.82.